The maximum Gasteiger partial charge on any atom is 0.290 e. The number of amides is 1. The van der Waals surface area contributed by atoms with Crippen LogP contribution in [0.15, 0.2) is 52.9 Å². The second kappa shape index (κ2) is 7.09. The molecule has 28 heavy (non-hydrogen) atoms. The molecule has 0 spiro atoms. The van der Waals surface area contributed by atoms with Gasteiger partial charge in [0.2, 0.25) is 0 Å². The van der Waals surface area contributed by atoms with Gasteiger partial charge in [0.05, 0.1) is 11.5 Å². The highest BCUT2D eigenvalue weighted by atomic mass is 32.2. The molecule has 146 valence electrons. The lowest BCUT2D eigenvalue weighted by atomic mass is 10.1. The van der Waals surface area contributed by atoms with Crippen LogP contribution in [-0.4, -0.2) is 36.8 Å². The van der Waals surface area contributed by atoms with Crippen LogP contribution in [0.1, 0.15) is 33.7 Å². The van der Waals surface area contributed by atoms with Crippen LogP contribution in [0.25, 0.3) is 11.0 Å². The molecule has 4 rings (SSSR count). The van der Waals surface area contributed by atoms with Gasteiger partial charge in [-0.25, -0.2) is 8.42 Å². The number of furan rings is 1. The van der Waals surface area contributed by atoms with E-state index < -0.39 is 9.84 Å². The highest BCUT2D eigenvalue weighted by molar-refractivity contribution is 7.91. The lowest BCUT2D eigenvalue weighted by Gasteiger charge is -2.28. The molecule has 1 atom stereocenters. The molecule has 1 amide bonds. The summed E-state index contributed by atoms with van der Waals surface area (Å²) in [5.41, 5.74) is 3.52. The van der Waals surface area contributed by atoms with E-state index in [0.29, 0.717) is 24.3 Å². The fourth-order valence-corrected chi connectivity index (χ4v) is 5.57. The number of carbonyl (C=O) groups is 1. The van der Waals surface area contributed by atoms with E-state index in [4.69, 9.17) is 4.42 Å². The number of nitrogens with zero attached hydrogens (tertiary/aromatic N) is 1. The van der Waals surface area contributed by atoms with Gasteiger partial charge in [0, 0.05) is 23.5 Å². The fourth-order valence-electron chi connectivity index (χ4n) is 3.84. The molecule has 0 unspecified atom stereocenters. The van der Waals surface area contributed by atoms with Crippen molar-refractivity contribution in [1.82, 2.24) is 4.90 Å². The number of hydrogen-bond donors (Lipinski definition) is 0. The zero-order valence-electron chi connectivity index (χ0n) is 16.0. The molecule has 1 saturated heterocycles. The minimum absolute atomic E-state index is 0.00393. The standard InChI is InChI=1S/C22H23NO4S/c1-15-8-9-20-19(12-15)16(2)21(27-20)22(24)23(13-17-6-4-3-5-7-17)18-10-11-28(25,26)14-18/h3-9,12,18H,10-11,13-14H2,1-2H3/t18-/m1/s1. The van der Waals surface area contributed by atoms with E-state index in [1.54, 1.807) is 4.90 Å². The Kier molecular flexibility index (Phi) is 4.75. The van der Waals surface area contributed by atoms with Gasteiger partial charge in [-0.1, -0.05) is 42.0 Å². The third-order valence-corrected chi connectivity index (χ3v) is 7.14. The summed E-state index contributed by atoms with van der Waals surface area (Å²) in [7, 11) is -3.11. The average Bonchev–Trinajstić information content (AvgIpc) is 3.19. The fraction of sp³-hybridized carbons (Fsp3) is 0.318. The van der Waals surface area contributed by atoms with Crippen LogP contribution in [0, 0.1) is 13.8 Å². The van der Waals surface area contributed by atoms with Gasteiger partial charge in [0.25, 0.3) is 5.91 Å². The van der Waals surface area contributed by atoms with Crippen molar-refractivity contribution in [2.75, 3.05) is 11.5 Å². The van der Waals surface area contributed by atoms with Crippen LogP contribution in [0.4, 0.5) is 0 Å². The smallest absolute Gasteiger partial charge is 0.290 e. The van der Waals surface area contributed by atoms with Crippen molar-refractivity contribution in [2.24, 2.45) is 0 Å². The Morgan fingerprint density at radius 1 is 1.14 bits per heavy atom. The first-order valence-electron chi connectivity index (χ1n) is 9.39. The summed E-state index contributed by atoms with van der Waals surface area (Å²) in [6.07, 6.45) is 0.458. The molecule has 3 aromatic rings. The van der Waals surface area contributed by atoms with Crippen molar-refractivity contribution in [1.29, 1.82) is 0 Å². The van der Waals surface area contributed by atoms with E-state index in [1.165, 1.54) is 0 Å². The topological polar surface area (TPSA) is 67.6 Å². The number of rotatable bonds is 4. The summed E-state index contributed by atoms with van der Waals surface area (Å²) in [5, 5.41) is 0.919. The quantitative estimate of drug-likeness (QED) is 0.670. The summed E-state index contributed by atoms with van der Waals surface area (Å²) in [5.74, 6) is 0.163. The maximum absolute atomic E-state index is 13.5. The molecule has 0 bridgehead atoms. The van der Waals surface area contributed by atoms with Crippen LogP contribution in [0.2, 0.25) is 0 Å². The minimum atomic E-state index is -3.11. The first-order chi connectivity index (χ1) is 13.3. The van der Waals surface area contributed by atoms with E-state index in [0.717, 1.165) is 22.1 Å². The van der Waals surface area contributed by atoms with Crippen LogP contribution < -0.4 is 0 Å². The third kappa shape index (κ3) is 3.56. The molecule has 1 aliphatic rings. The summed E-state index contributed by atoms with van der Waals surface area (Å²) in [6, 6.07) is 15.1. The molecule has 2 heterocycles. The Morgan fingerprint density at radius 2 is 1.89 bits per heavy atom. The highest BCUT2D eigenvalue weighted by Gasteiger charge is 2.36. The first-order valence-corrected chi connectivity index (χ1v) is 11.2. The van der Waals surface area contributed by atoms with Gasteiger partial charge in [0.15, 0.2) is 15.6 Å². The average molecular weight is 397 g/mol. The van der Waals surface area contributed by atoms with Gasteiger partial charge < -0.3 is 9.32 Å². The maximum atomic E-state index is 13.5. The van der Waals surface area contributed by atoms with Crippen molar-refractivity contribution in [2.45, 2.75) is 32.9 Å². The van der Waals surface area contributed by atoms with E-state index in [9.17, 15) is 13.2 Å². The van der Waals surface area contributed by atoms with E-state index in [2.05, 4.69) is 0 Å². The lowest BCUT2D eigenvalue weighted by Crippen LogP contribution is -2.40. The molecule has 0 N–H and O–H groups in total. The number of hydrogen-bond acceptors (Lipinski definition) is 4. The number of sulfone groups is 1. The Morgan fingerprint density at radius 3 is 2.57 bits per heavy atom. The summed E-state index contributed by atoms with van der Waals surface area (Å²) in [4.78, 5) is 15.1. The normalized spacial score (nSPS) is 18.4. The van der Waals surface area contributed by atoms with Crippen LogP contribution >= 0.6 is 0 Å². The van der Waals surface area contributed by atoms with Gasteiger partial charge in [-0.15, -0.1) is 0 Å². The van der Waals surface area contributed by atoms with Crippen LogP contribution in [0.3, 0.4) is 0 Å². The molecule has 1 fully saturated rings. The highest BCUT2D eigenvalue weighted by Crippen LogP contribution is 2.29. The second-order valence-electron chi connectivity index (χ2n) is 7.53. The largest absolute Gasteiger partial charge is 0.451 e. The molecule has 0 saturated carbocycles. The van der Waals surface area contributed by atoms with Gasteiger partial charge in [-0.3, -0.25) is 4.79 Å². The zero-order valence-corrected chi connectivity index (χ0v) is 16.8. The van der Waals surface area contributed by atoms with Crippen LogP contribution in [0.5, 0.6) is 0 Å². The second-order valence-corrected chi connectivity index (χ2v) is 9.76. The molecule has 5 nitrogen and oxygen atoms in total. The predicted octanol–water partition coefficient (Wildman–Crippen LogP) is 3.88. The minimum Gasteiger partial charge on any atom is -0.451 e. The van der Waals surface area contributed by atoms with E-state index in [-0.39, 0.29) is 23.5 Å². The van der Waals surface area contributed by atoms with Crippen molar-refractivity contribution < 1.29 is 17.6 Å². The number of benzene rings is 2. The molecule has 0 aliphatic carbocycles. The van der Waals surface area contributed by atoms with Crippen molar-refractivity contribution >= 4 is 26.7 Å². The molecule has 0 radical (unpaired) electrons. The van der Waals surface area contributed by atoms with Gasteiger partial charge in [0.1, 0.15) is 5.58 Å². The third-order valence-electron chi connectivity index (χ3n) is 5.39. The predicted molar refractivity (Wildman–Crippen MR) is 109 cm³/mol. The van der Waals surface area contributed by atoms with Crippen molar-refractivity contribution in [3.8, 4) is 0 Å². The molecule has 2 aromatic carbocycles. The number of fused-ring (bicyclic) bond motifs is 1. The van der Waals surface area contributed by atoms with Gasteiger partial charge >= 0.3 is 0 Å². The Labute approximate surface area is 164 Å². The molecular formula is C22H23NO4S. The molecule has 1 aromatic heterocycles. The van der Waals surface area contributed by atoms with Gasteiger partial charge in [-0.2, -0.15) is 0 Å². The molecule has 1 aliphatic heterocycles. The Bertz CT molecular complexity index is 1130. The number of aryl methyl sites for hydroxylation is 2. The number of carbonyl (C=O) groups excluding carboxylic acids is 1. The monoisotopic (exact) mass is 397 g/mol. The summed E-state index contributed by atoms with van der Waals surface area (Å²) in [6.45, 7) is 4.23. The van der Waals surface area contributed by atoms with Gasteiger partial charge in [-0.05, 0) is 38.0 Å². The first kappa shape index (κ1) is 18.7. The lowest BCUT2D eigenvalue weighted by molar-refractivity contribution is 0.0649. The summed E-state index contributed by atoms with van der Waals surface area (Å²) < 4.78 is 30.0. The SMILES string of the molecule is Cc1ccc2oc(C(=O)N(Cc3ccccc3)[C@@H]3CCS(=O)(=O)C3)c(C)c2c1. The van der Waals surface area contributed by atoms with E-state index in [1.807, 2.05) is 62.4 Å². The summed E-state index contributed by atoms with van der Waals surface area (Å²) >= 11 is 0. The van der Waals surface area contributed by atoms with Crippen molar-refractivity contribution in [3.05, 3.63) is 71.0 Å². The van der Waals surface area contributed by atoms with E-state index >= 15 is 0 Å². The Balaban J connectivity index is 1.73. The molecule has 6 heteroatoms. The van der Waals surface area contributed by atoms with Crippen LogP contribution in [-0.2, 0) is 16.4 Å². The van der Waals surface area contributed by atoms with Crippen molar-refractivity contribution in [3.63, 3.8) is 0 Å². The molecular weight excluding hydrogens is 374 g/mol. The Hall–Kier alpha value is -2.60. The zero-order chi connectivity index (χ0) is 19.9.